The summed E-state index contributed by atoms with van der Waals surface area (Å²) in [6, 6.07) is 0. The zero-order valence-electron chi connectivity index (χ0n) is 29.5. The molecule has 3 N–H and O–H groups in total. The van der Waals surface area contributed by atoms with E-state index in [0.29, 0.717) is 18.3 Å². The van der Waals surface area contributed by atoms with Crippen LogP contribution < -0.4 is 10.6 Å². The number of hydrogen-bond acceptors (Lipinski definition) is 13. The summed E-state index contributed by atoms with van der Waals surface area (Å²) >= 11 is 0. The van der Waals surface area contributed by atoms with Crippen molar-refractivity contribution >= 4 is 35.8 Å². The molecule has 0 aliphatic rings. The molecular formula is C33H58N2O12. The predicted molar refractivity (Wildman–Crippen MR) is 171 cm³/mol. The molecule has 0 spiro atoms. The third-order valence-electron chi connectivity index (χ3n) is 7.36. The first-order valence-electron chi connectivity index (χ1n) is 16.6. The van der Waals surface area contributed by atoms with Crippen molar-refractivity contribution in [2.45, 2.75) is 144 Å². The molecule has 7 atom stereocenters. The fourth-order valence-corrected chi connectivity index (χ4v) is 5.02. The van der Waals surface area contributed by atoms with E-state index in [4.69, 9.17) is 23.7 Å². The predicted octanol–water partition coefficient (Wildman–Crippen LogP) is 3.10. The van der Waals surface area contributed by atoms with E-state index in [-0.39, 0.29) is 19.0 Å². The molecule has 0 saturated heterocycles. The Kier molecular flexibility index (Phi) is 23.1. The molecule has 47 heavy (non-hydrogen) atoms. The molecule has 0 fully saturated rings. The lowest BCUT2D eigenvalue weighted by atomic mass is 9.93. The lowest BCUT2D eigenvalue weighted by Gasteiger charge is -2.37. The van der Waals surface area contributed by atoms with Gasteiger partial charge in [0.05, 0.1) is 0 Å². The van der Waals surface area contributed by atoms with Gasteiger partial charge in [-0.3, -0.25) is 34.1 Å². The van der Waals surface area contributed by atoms with Gasteiger partial charge in [-0.15, -0.1) is 0 Å². The highest BCUT2D eigenvalue weighted by atomic mass is 16.6. The molecule has 1 amide bonds. The number of aliphatic hydroxyl groups is 1. The van der Waals surface area contributed by atoms with Gasteiger partial charge >= 0.3 is 29.8 Å². The van der Waals surface area contributed by atoms with Crippen LogP contribution in [0.5, 0.6) is 0 Å². The van der Waals surface area contributed by atoms with Crippen LogP contribution in [0.1, 0.15) is 113 Å². The lowest BCUT2D eigenvalue weighted by Crippen LogP contribution is -2.59. The molecule has 0 aliphatic carbocycles. The minimum atomic E-state index is -1.72. The van der Waals surface area contributed by atoms with Gasteiger partial charge in [0, 0.05) is 54.1 Å². The highest BCUT2D eigenvalue weighted by Gasteiger charge is 2.46. The number of unbranched alkanes of at least 4 members (excludes halogenated alkanes) is 2. The van der Waals surface area contributed by atoms with Crippen LogP contribution in [0.4, 0.5) is 0 Å². The average molecular weight is 675 g/mol. The first-order chi connectivity index (χ1) is 22.1. The number of hydrogen-bond donors (Lipinski definition) is 3. The van der Waals surface area contributed by atoms with Gasteiger partial charge in [-0.2, -0.15) is 0 Å². The highest BCUT2D eigenvalue weighted by Crippen LogP contribution is 2.22. The topological polar surface area (TPSA) is 193 Å². The maximum atomic E-state index is 12.4. The Morgan fingerprint density at radius 2 is 1.13 bits per heavy atom. The van der Waals surface area contributed by atoms with E-state index in [1.54, 1.807) is 0 Å². The van der Waals surface area contributed by atoms with Gasteiger partial charge < -0.3 is 34.1 Å². The number of ether oxygens (including phenoxy) is 5. The minimum absolute atomic E-state index is 0.0159. The van der Waals surface area contributed by atoms with Crippen molar-refractivity contribution < 1.29 is 57.6 Å². The maximum absolute atomic E-state index is 12.4. The molecular weight excluding hydrogens is 616 g/mol. The van der Waals surface area contributed by atoms with Crippen molar-refractivity contribution in [2.24, 2.45) is 11.8 Å². The SMILES string of the molecule is CCCCCC(C)CCCC(C)CCC(=O)NCCN[C@H](O)[C@H](OC(C)=O)[C@@H](OC(C)=O)[C@H](OC(C)=O)[C@@H](COC(C)=O)OC(C)=O. The summed E-state index contributed by atoms with van der Waals surface area (Å²) in [7, 11) is 0. The Labute approximate surface area is 279 Å². The van der Waals surface area contributed by atoms with E-state index in [9.17, 15) is 33.9 Å². The van der Waals surface area contributed by atoms with Gasteiger partial charge in [0.15, 0.2) is 24.4 Å². The number of nitrogens with one attached hydrogen (secondary N) is 2. The molecule has 272 valence electrons. The fraction of sp³-hybridized carbons (Fsp3) is 0.818. The van der Waals surface area contributed by atoms with Gasteiger partial charge in [-0.1, -0.05) is 65.7 Å². The Hall–Kier alpha value is -3.26. The quantitative estimate of drug-likeness (QED) is 0.0554. The first-order valence-corrected chi connectivity index (χ1v) is 16.6. The van der Waals surface area contributed by atoms with Crippen LogP contribution in [0.3, 0.4) is 0 Å². The van der Waals surface area contributed by atoms with E-state index < -0.39 is 67.1 Å². The smallest absolute Gasteiger partial charge is 0.303 e. The summed E-state index contributed by atoms with van der Waals surface area (Å²) in [5.74, 6) is -3.31. The summed E-state index contributed by atoms with van der Waals surface area (Å²) in [4.78, 5) is 71.9. The largest absolute Gasteiger partial charge is 0.462 e. The van der Waals surface area contributed by atoms with Crippen LogP contribution in [-0.4, -0.2) is 91.2 Å². The number of rotatable bonds is 25. The third kappa shape index (κ3) is 22.0. The van der Waals surface area contributed by atoms with Crippen molar-refractivity contribution in [3.8, 4) is 0 Å². The van der Waals surface area contributed by atoms with Crippen molar-refractivity contribution in [2.75, 3.05) is 19.7 Å². The summed E-state index contributed by atoms with van der Waals surface area (Å²) in [5, 5.41) is 16.5. The van der Waals surface area contributed by atoms with Crippen LogP contribution in [0.15, 0.2) is 0 Å². The second kappa shape index (κ2) is 24.9. The molecule has 14 nitrogen and oxygen atoms in total. The zero-order valence-corrected chi connectivity index (χ0v) is 29.5. The Morgan fingerprint density at radius 1 is 0.617 bits per heavy atom. The Bertz CT molecular complexity index is 975. The van der Waals surface area contributed by atoms with Crippen LogP contribution >= 0.6 is 0 Å². The minimum Gasteiger partial charge on any atom is -0.462 e. The molecule has 0 rings (SSSR count). The average Bonchev–Trinajstić information content (AvgIpc) is 2.96. The maximum Gasteiger partial charge on any atom is 0.303 e. The van der Waals surface area contributed by atoms with Gasteiger partial charge in [0.2, 0.25) is 5.91 Å². The lowest BCUT2D eigenvalue weighted by molar-refractivity contribution is -0.211. The molecule has 0 aliphatic heterocycles. The number of carbonyl (C=O) groups excluding carboxylic acids is 6. The van der Waals surface area contributed by atoms with Crippen molar-refractivity contribution in [3.05, 3.63) is 0 Å². The van der Waals surface area contributed by atoms with Gasteiger partial charge in [0.1, 0.15) is 12.8 Å². The molecule has 0 saturated carbocycles. The third-order valence-corrected chi connectivity index (χ3v) is 7.36. The van der Waals surface area contributed by atoms with E-state index >= 15 is 0 Å². The van der Waals surface area contributed by atoms with E-state index in [1.807, 2.05) is 0 Å². The summed E-state index contributed by atoms with van der Waals surface area (Å²) in [6.07, 6.45) is 1.23. The van der Waals surface area contributed by atoms with Crippen LogP contribution in [0.25, 0.3) is 0 Å². The Morgan fingerprint density at radius 3 is 1.66 bits per heavy atom. The number of carbonyl (C=O) groups is 6. The summed E-state index contributed by atoms with van der Waals surface area (Å²) in [5.41, 5.74) is 0. The number of amides is 1. The second-order valence-electron chi connectivity index (χ2n) is 12.1. The molecule has 2 unspecified atom stereocenters. The first kappa shape index (κ1) is 43.7. The molecule has 0 heterocycles. The molecule has 0 aromatic rings. The normalized spacial score (nSPS) is 15.5. The van der Waals surface area contributed by atoms with E-state index in [0.717, 1.165) is 53.9 Å². The van der Waals surface area contributed by atoms with Gasteiger partial charge in [-0.25, -0.2) is 0 Å². The molecule has 0 bridgehead atoms. The van der Waals surface area contributed by atoms with Gasteiger partial charge in [0.25, 0.3) is 0 Å². The standard InChI is InChI=1S/C33H58N2O12/c1-9-10-11-13-21(2)14-12-15-22(3)16-17-29(41)34-18-19-35-33(42)32(47-27(8)40)31(46-26(7)39)30(45-25(6)38)28(44-24(5)37)20-43-23(4)36/h21-22,28,30-33,35,42H,9-20H2,1-8H3,(H,34,41)/t21?,22?,28-,30-,31+,32-,33-/m1/s1. The Balaban J connectivity index is 5.35. The highest BCUT2D eigenvalue weighted by molar-refractivity contribution is 5.75. The van der Waals surface area contributed by atoms with Crippen LogP contribution in [0.2, 0.25) is 0 Å². The number of esters is 5. The fourth-order valence-electron chi connectivity index (χ4n) is 5.02. The second-order valence-corrected chi connectivity index (χ2v) is 12.1. The monoisotopic (exact) mass is 674 g/mol. The molecule has 0 aromatic carbocycles. The van der Waals surface area contributed by atoms with Crippen molar-refractivity contribution in [3.63, 3.8) is 0 Å². The van der Waals surface area contributed by atoms with Crippen LogP contribution in [0, 0.1) is 11.8 Å². The molecule has 14 heteroatoms. The van der Waals surface area contributed by atoms with Crippen molar-refractivity contribution in [1.29, 1.82) is 0 Å². The zero-order chi connectivity index (χ0) is 35.9. The van der Waals surface area contributed by atoms with E-state index in [2.05, 4.69) is 31.4 Å². The number of aliphatic hydroxyl groups excluding tert-OH is 1. The summed E-state index contributed by atoms with van der Waals surface area (Å²) in [6.45, 7) is 11.4. The summed E-state index contributed by atoms with van der Waals surface area (Å²) < 4.78 is 26.1. The van der Waals surface area contributed by atoms with Crippen LogP contribution in [-0.2, 0) is 52.5 Å². The molecule has 0 aromatic heterocycles. The molecule has 0 radical (unpaired) electrons. The van der Waals surface area contributed by atoms with Crippen molar-refractivity contribution in [1.82, 2.24) is 10.6 Å². The van der Waals surface area contributed by atoms with E-state index in [1.165, 1.54) is 32.1 Å². The van der Waals surface area contributed by atoms with Gasteiger partial charge in [-0.05, 0) is 18.3 Å².